The van der Waals surface area contributed by atoms with Crippen molar-refractivity contribution in [2.24, 2.45) is 0 Å². The lowest BCUT2D eigenvalue weighted by molar-refractivity contribution is 0.0709. The van der Waals surface area contributed by atoms with Gasteiger partial charge in [0.15, 0.2) is 0 Å². The Hall–Kier alpha value is -1.99. The number of tetrazole rings is 1. The Kier molecular flexibility index (Phi) is 3.85. The lowest BCUT2D eigenvalue weighted by atomic mass is 10.1. The molecule has 0 aliphatic carbocycles. The molecule has 1 fully saturated rings. The van der Waals surface area contributed by atoms with Crippen LogP contribution in [0.1, 0.15) is 17.3 Å². The number of carbonyl (C=O) groups is 1. The van der Waals surface area contributed by atoms with Crippen molar-refractivity contribution in [3.05, 3.63) is 35.1 Å². The molecule has 3 rings (SSSR count). The zero-order valence-corrected chi connectivity index (χ0v) is 12.3. The molecule has 8 heteroatoms. The summed E-state index contributed by atoms with van der Waals surface area (Å²) in [6.07, 6.45) is 1.46. The van der Waals surface area contributed by atoms with Crippen LogP contribution in [-0.2, 0) is 0 Å². The summed E-state index contributed by atoms with van der Waals surface area (Å²) in [5.41, 5.74) is 1.13. The Labute approximate surface area is 126 Å². The zero-order valence-electron chi connectivity index (χ0n) is 11.5. The van der Waals surface area contributed by atoms with Gasteiger partial charge in [-0.05, 0) is 35.5 Å². The van der Waals surface area contributed by atoms with E-state index in [1.807, 2.05) is 4.90 Å². The highest BCUT2D eigenvalue weighted by molar-refractivity contribution is 6.31. The van der Waals surface area contributed by atoms with Crippen molar-refractivity contribution in [2.75, 3.05) is 19.6 Å². The summed E-state index contributed by atoms with van der Waals surface area (Å²) in [4.78, 5) is 14.6. The quantitative estimate of drug-likeness (QED) is 0.886. The van der Waals surface area contributed by atoms with Crippen LogP contribution >= 0.6 is 11.6 Å². The Morgan fingerprint density at radius 1 is 1.48 bits per heavy atom. The first-order valence-electron chi connectivity index (χ1n) is 6.71. The number of carbonyl (C=O) groups excluding carboxylic acids is 1. The van der Waals surface area contributed by atoms with Gasteiger partial charge < -0.3 is 10.2 Å². The van der Waals surface area contributed by atoms with Crippen molar-refractivity contribution >= 4 is 17.5 Å². The predicted molar refractivity (Wildman–Crippen MR) is 77.5 cm³/mol. The van der Waals surface area contributed by atoms with E-state index in [0.29, 0.717) is 29.4 Å². The number of hydrogen-bond acceptors (Lipinski definition) is 5. The summed E-state index contributed by atoms with van der Waals surface area (Å²) in [6, 6.07) is 5.40. The van der Waals surface area contributed by atoms with Gasteiger partial charge in [0.25, 0.3) is 5.91 Å². The highest BCUT2D eigenvalue weighted by atomic mass is 35.5. The topological polar surface area (TPSA) is 75.9 Å². The SMILES string of the molecule is CC1CN(C(=O)c2cc(Cl)ccc2-n2cnnn2)CCN1. The molecule has 0 bridgehead atoms. The maximum absolute atomic E-state index is 12.8. The largest absolute Gasteiger partial charge is 0.336 e. The van der Waals surface area contributed by atoms with Gasteiger partial charge in [-0.1, -0.05) is 11.6 Å². The molecule has 0 saturated carbocycles. The molecule has 110 valence electrons. The molecule has 1 aliphatic heterocycles. The molecule has 0 spiro atoms. The first-order valence-corrected chi connectivity index (χ1v) is 7.08. The Bertz CT molecular complexity index is 644. The number of rotatable bonds is 2. The number of hydrogen-bond donors (Lipinski definition) is 1. The molecular formula is C13H15ClN6O. The fourth-order valence-electron chi connectivity index (χ4n) is 2.44. The summed E-state index contributed by atoms with van der Waals surface area (Å²) in [7, 11) is 0. The van der Waals surface area contributed by atoms with Gasteiger partial charge in [-0.3, -0.25) is 4.79 Å². The van der Waals surface area contributed by atoms with E-state index < -0.39 is 0 Å². The molecule has 2 heterocycles. The number of aromatic nitrogens is 4. The van der Waals surface area contributed by atoms with Gasteiger partial charge in [0.1, 0.15) is 6.33 Å². The second kappa shape index (κ2) is 5.79. The molecule has 1 saturated heterocycles. The minimum absolute atomic E-state index is 0.0589. The average molecular weight is 307 g/mol. The minimum atomic E-state index is -0.0589. The summed E-state index contributed by atoms with van der Waals surface area (Å²) in [5, 5.41) is 14.9. The first kappa shape index (κ1) is 14.0. The van der Waals surface area contributed by atoms with Crippen molar-refractivity contribution in [2.45, 2.75) is 13.0 Å². The van der Waals surface area contributed by atoms with Gasteiger partial charge in [0.2, 0.25) is 0 Å². The molecule has 0 radical (unpaired) electrons. The Morgan fingerprint density at radius 3 is 3.05 bits per heavy atom. The predicted octanol–water partition coefficient (Wildman–Crippen LogP) is 0.750. The third-order valence-electron chi connectivity index (χ3n) is 3.44. The molecule has 1 aromatic carbocycles. The van der Waals surface area contributed by atoms with Crippen LogP contribution in [0.15, 0.2) is 24.5 Å². The zero-order chi connectivity index (χ0) is 14.8. The van der Waals surface area contributed by atoms with E-state index in [9.17, 15) is 4.79 Å². The smallest absolute Gasteiger partial charge is 0.256 e. The van der Waals surface area contributed by atoms with Crippen molar-refractivity contribution in [3.8, 4) is 5.69 Å². The van der Waals surface area contributed by atoms with Crippen molar-refractivity contribution in [1.29, 1.82) is 0 Å². The normalized spacial score (nSPS) is 18.8. The highest BCUT2D eigenvalue weighted by Crippen LogP contribution is 2.21. The molecule has 1 atom stereocenters. The summed E-state index contributed by atoms with van der Waals surface area (Å²) in [5.74, 6) is -0.0589. The maximum Gasteiger partial charge on any atom is 0.256 e. The van der Waals surface area contributed by atoms with Crippen molar-refractivity contribution in [3.63, 3.8) is 0 Å². The molecule has 21 heavy (non-hydrogen) atoms. The van der Waals surface area contributed by atoms with Gasteiger partial charge >= 0.3 is 0 Å². The van der Waals surface area contributed by atoms with E-state index in [1.165, 1.54) is 11.0 Å². The van der Waals surface area contributed by atoms with Crippen LogP contribution < -0.4 is 5.32 Å². The van der Waals surface area contributed by atoms with Gasteiger partial charge in [-0.2, -0.15) is 4.68 Å². The van der Waals surface area contributed by atoms with Gasteiger partial charge in [-0.25, -0.2) is 0 Å². The van der Waals surface area contributed by atoms with E-state index >= 15 is 0 Å². The fourth-order valence-corrected chi connectivity index (χ4v) is 2.61. The average Bonchev–Trinajstić information content (AvgIpc) is 3.00. The summed E-state index contributed by atoms with van der Waals surface area (Å²) < 4.78 is 1.47. The minimum Gasteiger partial charge on any atom is -0.336 e. The highest BCUT2D eigenvalue weighted by Gasteiger charge is 2.24. The third kappa shape index (κ3) is 2.88. The van der Waals surface area contributed by atoms with Gasteiger partial charge in [0.05, 0.1) is 11.3 Å². The van der Waals surface area contributed by atoms with Crippen LogP contribution in [0, 0.1) is 0 Å². The van der Waals surface area contributed by atoms with E-state index in [1.54, 1.807) is 18.2 Å². The van der Waals surface area contributed by atoms with Crippen LogP contribution in [-0.4, -0.2) is 56.7 Å². The molecule has 7 nitrogen and oxygen atoms in total. The number of benzene rings is 1. The van der Waals surface area contributed by atoms with Crippen molar-refractivity contribution < 1.29 is 4.79 Å². The molecule has 1 unspecified atom stereocenters. The molecule has 1 N–H and O–H groups in total. The number of amides is 1. The molecule has 1 amide bonds. The molecule has 1 aliphatic rings. The van der Waals surface area contributed by atoms with Crippen LogP contribution in [0.25, 0.3) is 5.69 Å². The number of nitrogens with one attached hydrogen (secondary N) is 1. The summed E-state index contributed by atoms with van der Waals surface area (Å²) in [6.45, 7) is 4.18. The van der Waals surface area contributed by atoms with E-state index in [-0.39, 0.29) is 11.9 Å². The number of nitrogens with zero attached hydrogens (tertiary/aromatic N) is 5. The summed E-state index contributed by atoms with van der Waals surface area (Å²) >= 11 is 6.05. The molecular weight excluding hydrogens is 292 g/mol. The third-order valence-corrected chi connectivity index (χ3v) is 3.68. The lowest BCUT2D eigenvalue weighted by Crippen LogP contribution is -2.51. The second-order valence-electron chi connectivity index (χ2n) is 5.02. The fraction of sp³-hybridized carbons (Fsp3) is 0.385. The molecule has 1 aromatic heterocycles. The Morgan fingerprint density at radius 2 is 2.33 bits per heavy atom. The van der Waals surface area contributed by atoms with E-state index in [0.717, 1.165) is 6.54 Å². The molecule has 2 aromatic rings. The van der Waals surface area contributed by atoms with Crippen LogP contribution in [0.3, 0.4) is 0 Å². The Balaban J connectivity index is 1.97. The second-order valence-corrected chi connectivity index (χ2v) is 5.46. The first-order chi connectivity index (χ1) is 10.1. The van der Waals surface area contributed by atoms with Gasteiger partial charge in [0, 0.05) is 30.7 Å². The lowest BCUT2D eigenvalue weighted by Gasteiger charge is -2.32. The van der Waals surface area contributed by atoms with E-state index in [2.05, 4.69) is 27.8 Å². The van der Waals surface area contributed by atoms with Crippen LogP contribution in [0.5, 0.6) is 0 Å². The monoisotopic (exact) mass is 306 g/mol. The van der Waals surface area contributed by atoms with Gasteiger partial charge in [-0.15, -0.1) is 5.10 Å². The maximum atomic E-state index is 12.8. The van der Waals surface area contributed by atoms with E-state index in [4.69, 9.17) is 11.6 Å². The van der Waals surface area contributed by atoms with Crippen LogP contribution in [0.4, 0.5) is 0 Å². The number of piperazine rings is 1. The van der Waals surface area contributed by atoms with Crippen molar-refractivity contribution in [1.82, 2.24) is 30.4 Å². The standard InChI is InChI=1S/C13H15ClN6O/c1-9-7-19(5-4-15-9)13(21)11-6-10(14)2-3-12(11)20-8-16-17-18-20/h2-3,6,8-9,15H,4-5,7H2,1H3. The van der Waals surface area contributed by atoms with Crippen LogP contribution in [0.2, 0.25) is 5.02 Å². The number of halogens is 1.